The van der Waals surface area contributed by atoms with E-state index in [4.69, 9.17) is 5.11 Å². The number of amides is 1. The predicted molar refractivity (Wildman–Crippen MR) is 71.9 cm³/mol. The lowest BCUT2D eigenvalue weighted by Gasteiger charge is -2.15. The number of carbonyl (C=O) groups excluding carboxylic acids is 1. The molecule has 0 spiro atoms. The van der Waals surface area contributed by atoms with Crippen LogP contribution in [-0.2, 0) is 4.79 Å². The fourth-order valence-corrected chi connectivity index (χ4v) is 2.99. The molecule has 1 fully saturated rings. The third-order valence-corrected chi connectivity index (χ3v) is 4.23. The van der Waals surface area contributed by atoms with Crippen LogP contribution in [-0.4, -0.2) is 39.9 Å². The maximum atomic E-state index is 12.2. The Bertz CT molecular complexity index is 542. The number of hydrogen-bond acceptors (Lipinski definition) is 5. The number of hydrogen-bond donors (Lipinski definition) is 1. The molecule has 20 heavy (non-hydrogen) atoms. The van der Waals surface area contributed by atoms with E-state index >= 15 is 0 Å². The first-order valence-electron chi connectivity index (χ1n) is 6.21. The largest absolute Gasteiger partial charge is 0.481 e. The van der Waals surface area contributed by atoms with E-state index in [-0.39, 0.29) is 23.2 Å². The van der Waals surface area contributed by atoms with Crippen molar-refractivity contribution >= 4 is 28.2 Å². The molecule has 2 rings (SSSR count). The van der Waals surface area contributed by atoms with Gasteiger partial charge >= 0.3 is 11.0 Å². The Balaban J connectivity index is 1.93. The van der Waals surface area contributed by atoms with Gasteiger partial charge in [-0.15, -0.1) is 0 Å². The number of nitrogens with zero attached hydrogens (tertiary/aromatic N) is 2. The highest BCUT2D eigenvalue weighted by atomic mass is 32.1. The molecule has 1 aromatic rings. The lowest BCUT2D eigenvalue weighted by molar-refractivity contribution is -0.380. The van der Waals surface area contributed by atoms with Crippen LogP contribution in [0.25, 0.3) is 0 Å². The van der Waals surface area contributed by atoms with Crippen LogP contribution in [0.4, 0.5) is 5.00 Å². The van der Waals surface area contributed by atoms with Crippen molar-refractivity contribution in [2.24, 2.45) is 5.92 Å². The van der Waals surface area contributed by atoms with Crippen LogP contribution < -0.4 is 0 Å². The van der Waals surface area contributed by atoms with Crippen LogP contribution in [0.5, 0.6) is 0 Å². The zero-order chi connectivity index (χ0) is 14.7. The monoisotopic (exact) mass is 298 g/mol. The molecule has 1 saturated heterocycles. The van der Waals surface area contributed by atoms with Gasteiger partial charge in [0.15, 0.2) is 0 Å². The van der Waals surface area contributed by atoms with E-state index in [1.807, 2.05) is 0 Å². The zero-order valence-electron chi connectivity index (χ0n) is 10.7. The van der Waals surface area contributed by atoms with Crippen LogP contribution in [0, 0.1) is 16.0 Å². The second-order valence-corrected chi connectivity index (χ2v) is 5.66. The van der Waals surface area contributed by atoms with Crippen LogP contribution in [0.3, 0.4) is 0 Å². The third-order valence-electron chi connectivity index (χ3n) is 3.35. The lowest BCUT2D eigenvalue weighted by atomic mass is 10.0. The van der Waals surface area contributed by atoms with E-state index in [0.29, 0.717) is 25.1 Å². The number of nitro groups is 1. The Morgan fingerprint density at radius 3 is 2.90 bits per heavy atom. The summed E-state index contributed by atoms with van der Waals surface area (Å²) in [6.07, 6.45) is 1.45. The fraction of sp³-hybridized carbons (Fsp3) is 0.500. The van der Waals surface area contributed by atoms with Gasteiger partial charge < -0.3 is 10.0 Å². The van der Waals surface area contributed by atoms with Crippen molar-refractivity contribution < 1.29 is 19.6 Å². The van der Waals surface area contributed by atoms with Gasteiger partial charge in [-0.2, -0.15) is 0 Å². The number of carbonyl (C=O) groups is 2. The first-order chi connectivity index (χ1) is 9.47. The molecule has 1 N–H and O–H groups in total. The molecule has 8 heteroatoms. The maximum absolute atomic E-state index is 12.2. The van der Waals surface area contributed by atoms with E-state index in [0.717, 1.165) is 17.8 Å². The minimum Gasteiger partial charge on any atom is -0.481 e. The number of thiophene rings is 1. The number of carboxylic acid groups (broad SMARTS) is 1. The molecule has 1 atom stereocenters. The molecule has 1 aliphatic rings. The fourth-order valence-electron chi connectivity index (χ4n) is 2.30. The van der Waals surface area contributed by atoms with E-state index in [1.54, 1.807) is 4.90 Å². The normalized spacial score (nSPS) is 18.2. The summed E-state index contributed by atoms with van der Waals surface area (Å²) in [6, 6.07) is 1.29. The highest BCUT2D eigenvalue weighted by molar-refractivity contribution is 7.13. The summed E-state index contributed by atoms with van der Waals surface area (Å²) >= 11 is 0.935. The summed E-state index contributed by atoms with van der Waals surface area (Å²) in [5, 5.41) is 20.7. The summed E-state index contributed by atoms with van der Waals surface area (Å²) in [5.74, 6) is -0.848. The highest BCUT2D eigenvalue weighted by Gasteiger charge is 2.28. The average molecular weight is 298 g/mol. The first kappa shape index (κ1) is 14.4. The van der Waals surface area contributed by atoms with Gasteiger partial charge in [0.2, 0.25) is 0 Å². The van der Waals surface area contributed by atoms with Gasteiger partial charge in [0.1, 0.15) is 0 Å². The number of likely N-dealkylation sites (tertiary alicyclic amines) is 1. The molecule has 0 radical (unpaired) electrons. The summed E-state index contributed by atoms with van der Waals surface area (Å²) in [4.78, 5) is 34.4. The second kappa shape index (κ2) is 6.00. The highest BCUT2D eigenvalue weighted by Crippen LogP contribution is 2.27. The summed E-state index contributed by atoms with van der Waals surface area (Å²) < 4.78 is 0. The van der Waals surface area contributed by atoms with Gasteiger partial charge in [0.05, 0.1) is 10.5 Å². The Kier molecular flexibility index (Phi) is 4.33. The van der Waals surface area contributed by atoms with Crippen molar-refractivity contribution in [2.75, 3.05) is 13.1 Å². The number of aliphatic carboxylic acids is 1. The topological polar surface area (TPSA) is 101 Å². The lowest BCUT2D eigenvalue weighted by Crippen LogP contribution is -2.28. The van der Waals surface area contributed by atoms with Crippen LogP contribution >= 0.6 is 11.3 Å². The molecule has 1 amide bonds. The molecule has 1 aliphatic heterocycles. The predicted octanol–water partition coefficient (Wildman–Crippen LogP) is 1.98. The SMILES string of the molecule is O=C(O)CCC1CCN(C(=O)c2csc([N+](=O)[O-])c2)C1. The summed E-state index contributed by atoms with van der Waals surface area (Å²) in [7, 11) is 0. The standard InChI is InChI=1S/C12H14N2O5S/c15-11(16)2-1-8-3-4-13(6-8)12(17)9-5-10(14(18)19)20-7-9/h5,7-8H,1-4,6H2,(H,15,16). The van der Waals surface area contributed by atoms with Crippen molar-refractivity contribution in [3.8, 4) is 0 Å². The second-order valence-electron chi connectivity index (χ2n) is 4.77. The van der Waals surface area contributed by atoms with Crippen LogP contribution in [0.2, 0.25) is 0 Å². The van der Waals surface area contributed by atoms with Crippen molar-refractivity contribution in [1.29, 1.82) is 0 Å². The number of carboxylic acids is 1. The van der Waals surface area contributed by atoms with Crippen molar-refractivity contribution in [1.82, 2.24) is 4.90 Å². The van der Waals surface area contributed by atoms with Gasteiger partial charge in [-0.1, -0.05) is 11.3 Å². The quantitative estimate of drug-likeness (QED) is 0.661. The Hall–Kier alpha value is -1.96. The molecule has 0 bridgehead atoms. The molecule has 0 aromatic carbocycles. The zero-order valence-corrected chi connectivity index (χ0v) is 11.5. The Labute approximate surface area is 119 Å². The Morgan fingerprint density at radius 2 is 2.30 bits per heavy atom. The maximum Gasteiger partial charge on any atom is 0.324 e. The van der Waals surface area contributed by atoms with Crippen LogP contribution in [0.1, 0.15) is 29.6 Å². The minimum absolute atomic E-state index is 0.0463. The average Bonchev–Trinajstić information content (AvgIpc) is 3.05. The van der Waals surface area contributed by atoms with Gasteiger partial charge in [-0.25, -0.2) is 0 Å². The smallest absolute Gasteiger partial charge is 0.324 e. The van der Waals surface area contributed by atoms with Crippen molar-refractivity contribution in [2.45, 2.75) is 19.3 Å². The molecule has 0 aliphatic carbocycles. The molecule has 2 heterocycles. The van der Waals surface area contributed by atoms with Gasteiger partial charge in [0.25, 0.3) is 5.91 Å². The van der Waals surface area contributed by atoms with E-state index in [1.165, 1.54) is 11.4 Å². The van der Waals surface area contributed by atoms with Gasteiger partial charge in [-0.05, 0) is 18.8 Å². The minimum atomic E-state index is -0.830. The molecule has 108 valence electrons. The van der Waals surface area contributed by atoms with E-state index in [2.05, 4.69) is 0 Å². The summed E-state index contributed by atoms with van der Waals surface area (Å²) in [5.41, 5.74) is 0.334. The molecule has 7 nitrogen and oxygen atoms in total. The van der Waals surface area contributed by atoms with Gasteiger partial charge in [-0.3, -0.25) is 19.7 Å². The number of rotatable bonds is 5. The molecular formula is C12H14N2O5S. The molecule has 1 unspecified atom stereocenters. The van der Waals surface area contributed by atoms with Gasteiger partial charge in [0, 0.05) is 31.0 Å². The first-order valence-corrected chi connectivity index (χ1v) is 7.09. The van der Waals surface area contributed by atoms with E-state index in [9.17, 15) is 19.7 Å². The molecular weight excluding hydrogens is 284 g/mol. The van der Waals surface area contributed by atoms with Crippen molar-refractivity contribution in [3.63, 3.8) is 0 Å². The van der Waals surface area contributed by atoms with E-state index < -0.39 is 10.9 Å². The van der Waals surface area contributed by atoms with Crippen molar-refractivity contribution in [3.05, 3.63) is 27.1 Å². The third kappa shape index (κ3) is 3.32. The Morgan fingerprint density at radius 1 is 1.55 bits per heavy atom. The van der Waals surface area contributed by atoms with Crippen LogP contribution in [0.15, 0.2) is 11.4 Å². The summed E-state index contributed by atoms with van der Waals surface area (Å²) in [6.45, 7) is 1.10. The molecule has 0 saturated carbocycles. The molecule has 1 aromatic heterocycles.